The molecule has 9 nitrogen and oxygen atoms in total. The smallest absolute Gasteiger partial charge is 0.301 e. The Morgan fingerprint density at radius 2 is 1.75 bits per heavy atom. The van der Waals surface area contributed by atoms with Gasteiger partial charge in [-0.2, -0.15) is 0 Å². The fourth-order valence-corrected chi connectivity index (χ4v) is 6.96. The number of hydrogen-bond donors (Lipinski definition) is 1. The molecule has 1 saturated heterocycles. The van der Waals surface area contributed by atoms with Gasteiger partial charge in [-0.1, -0.05) is 80.1 Å². The van der Waals surface area contributed by atoms with Crippen molar-refractivity contribution in [3.8, 4) is 17.2 Å². The second kappa shape index (κ2) is 16.4. The number of amides is 1. The standard InChI is InChI=1S/C36H38ClN3O6S2/c1-5-6-18-45-27-14-9-24(10-15-27)32(41)30-31(25-11-16-28(29(20-25)44-4)46-19-17-22(2)3)40(34(43)33(30)42)35-38-39-36(48-35)47-21-23-7-12-26(37)13-8-23/h7-16,20,22,31,41H,5-6,17-19,21H2,1-4H3/t31-/m1/s1. The summed E-state index contributed by atoms with van der Waals surface area (Å²) in [6, 6.07) is 18.6. The third kappa shape index (κ3) is 8.32. The van der Waals surface area contributed by atoms with E-state index in [9.17, 15) is 14.7 Å². The molecule has 0 spiro atoms. The van der Waals surface area contributed by atoms with Crippen molar-refractivity contribution in [2.75, 3.05) is 25.2 Å². The molecule has 1 fully saturated rings. The van der Waals surface area contributed by atoms with Crippen LogP contribution in [0.2, 0.25) is 5.02 Å². The minimum Gasteiger partial charge on any atom is -0.507 e. The Hall–Kier alpha value is -4.06. The third-order valence-corrected chi connectivity index (χ3v) is 10.1. The number of hydrogen-bond acceptors (Lipinski definition) is 10. The number of carbonyl (C=O) groups is 2. The zero-order chi connectivity index (χ0) is 34.2. The highest BCUT2D eigenvalue weighted by Crippen LogP contribution is 2.45. The first-order chi connectivity index (χ1) is 23.2. The van der Waals surface area contributed by atoms with Crippen LogP contribution in [0.3, 0.4) is 0 Å². The molecule has 48 heavy (non-hydrogen) atoms. The normalized spacial score (nSPS) is 15.7. The van der Waals surface area contributed by atoms with Crippen molar-refractivity contribution >= 4 is 57.3 Å². The Labute approximate surface area is 293 Å². The predicted octanol–water partition coefficient (Wildman–Crippen LogP) is 8.72. The highest BCUT2D eigenvalue weighted by Gasteiger charge is 2.48. The quantitative estimate of drug-likeness (QED) is 0.0324. The van der Waals surface area contributed by atoms with Crippen LogP contribution in [0.5, 0.6) is 17.2 Å². The van der Waals surface area contributed by atoms with E-state index in [1.165, 1.54) is 35.1 Å². The van der Waals surface area contributed by atoms with Crippen LogP contribution in [-0.4, -0.2) is 47.3 Å². The van der Waals surface area contributed by atoms with Crippen molar-refractivity contribution in [1.82, 2.24) is 10.2 Å². The Kier molecular flexibility index (Phi) is 12.0. The number of benzene rings is 3. The Morgan fingerprint density at radius 3 is 2.44 bits per heavy atom. The molecule has 1 aliphatic heterocycles. The zero-order valence-electron chi connectivity index (χ0n) is 27.3. The van der Waals surface area contributed by atoms with Crippen molar-refractivity contribution < 1.29 is 28.9 Å². The molecule has 0 aliphatic carbocycles. The molecule has 1 atom stereocenters. The molecular formula is C36H38ClN3O6S2. The Morgan fingerprint density at radius 1 is 1.00 bits per heavy atom. The number of halogens is 1. The lowest BCUT2D eigenvalue weighted by Crippen LogP contribution is -2.29. The number of aliphatic hydroxyl groups is 1. The largest absolute Gasteiger partial charge is 0.507 e. The molecular weight excluding hydrogens is 670 g/mol. The third-order valence-electron chi connectivity index (χ3n) is 7.67. The number of thioether (sulfide) groups is 1. The molecule has 3 aromatic carbocycles. The summed E-state index contributed by atoms with van der Waals surface area (Å²) in [4.78, 5) is 28.8. The van der Waals surface area contributed by atoms with Gasteiger partial charge in [-0.3, -0.25) is 14.5 Å². The van der Waals surface area contributed by atoms with Gasteiger partial charge < -0.3 is 19.3 Å². The van der Waals surface area contributed by atoms with Gasteiger partial charge >= 0.3 is 5.91 Å². The van der Waals surface area contributed by atoms with E-state index in [1.54, 1.807) is 42.5 Å². The van der Waals surface area contributed by atoms with E-state index in [0.717, 1.165) is 24.8 Å². The van der Waals surface area contributed by atoms with Crippen molar-refractivity contribution in [3.63, 3.8) is 0 Å². The minimum absolute atomic E-state index is 0.0688. The summed E-state index contributed by atoms with van der Waals surface area (Å²) in [5.41, 5.74) is 1.89. The summed E-state index contributed by atoms with van der Waals surface area (Å²) in [7, 11) is 1.53. The Bertz CT molecular complexity index is 1760. The van der Waals surface area contributed by atoms with Crippen LogP contribution in [0.4, 0.5) is 5.13 Å². The summed E-state index contributed by atoms with van der Waals surface area (Å²) in [5.74, 6) is 0.743. The zero-order valence-corrected chi connectivity index (χ0v) is 29.7. The van der Waals surface area contributed by atoms with Gasteiger partial charge in [0.2, 0.25) is 5.13 Å². The number of anilines is 1. The number of Topliss-reactive ketones (excluding diaryl/α,β-unsaturated/α-hetero) is 1. The Balaban J connectivity index is 1.52. The van der Waals surface area contributed by atoms with Crippen LogP contribution in [-0.2, 0) is 15.3 Å². The van der Waals surface area contributed by atoms with Gasteiger partial charge in [0, 0.05) is 16.3 Å². The number of ketones is 1. The lowest BCUT2D eigenvalue weighted by Gasteiger charge is -2.23. The molecule has 0 saturated carbocycles. The number of rotatable bonds is 15. The maximum atomic E-state index is 13.8. The monoisotopic (exact) mass is 707 g/mol. The van der Waals surface area contributed by atoms with E-state index in [0.29, 0.717) is 62.6 Å². The van der Waals surface area contributed by atoms with Crippen LogP contribution in [0, 0.1) is 5.92 Å². The lowest BCUT2D eigenvalue weighted by atomic mass is 9.95. The van der Waals surface area contributed by atoms with Crippen molar-refractivity contribution in [2.45, 2.75) is 56.2 Å². The van der Waals surface area contributed by atoms with E-state index in [4.69, 9.17) is 25.8 Å². The van der Waals surface area contributed by atoms with Crippen molar-refractivity contribution in [1.29, 1.82) is 0 Å². The van der Waals surface area contributed by atoms with E-state index in [1.807, 2.05) is 24.3 Å². The summed E-state index contributed by atoms with van der Waals surface area (Å²) >= 11 is 8.68. The van der Waals surface area contributed by atoms with E-state index in [2.05, 4.69) is 31.0 Å². The van der Waals surface area contributed by atoms with Gasteiger partial charge in [-0.25, -0.2) is 0 Å². The molecule has 1 aromatic heterocycles. The summed E-state index contributed by atoms with van der Waals surface area (Å²) in [5, 5.41) is 21.1. The second-order valence-corrected chi connectivity index (χ2v) is 14.2. The van der Waals surface area contributed by atoms with Crippen molar-refractivity contribution in [3.05, 3.63) is 94.0 Å². The van der Waals surface area contributed by atoms with Crippen molar-refractivity contribution in [2.24, 2.45) is 5.92 Å². The van der Waals surface area contributed by atoms with Crippen LogP contribution in [0.25, 0.3) is 5.76 Å². The number of nitrogens with zero attached hydrogens (tertiary/aromatic N) is 3. The lowest BCUT2D eigenvalue weighted by molar-refractivity contribution is -0.132. The second-order valence-electron chi connectivity index (χ2n) is 11.6. The van der Waals surface area contributed by atoms with Gasteiger partial charge in [-0.05, 0) is 78.4 Å². The number of aliphatic hydroxyl groups excluding tert-OH is 1. The highest BCUT2D eigenvalue weighted by molar-refractivity contribution is 8.00. The number of unbranched alkanes of at least 4 members (excludes halogenated alkanes) is 1. The maximum Gasteiger partial charge on any atom is 0.301 e. The topological polar surface area (TPSA) is 111 Å². The molecule has 252 valence electrons. The number of ether oxygens (including phenoxy) is 3. The van der Waals surface area contributed by atoms with Crippen LogP contribution in [0.1, 0.15) is 62.8 Å². The summed E-state index contributed by atoms with van der Waals surface area (Å²) < 4.78 is 18.1. The fraction of sp³-hybridized carbons (Fsp3) is 0.333. The van der Waals surface area contributed by atoms with Crippen LogP contribution < -0.4 is 19.1 Å². The van der Waals surface area contributed by atoms with E-state index in [-0.39, 0.29) is 16.5 Å². The van der Waals surface area contributed by atoms with Gasteiger partial charge in [0.05, 0.1) is 31.9 Å². The molecule has 5 rings (SSSR count). The molecule has 4 aromatic rings. The van der Waals surface area contributed by atoms with Crippen LogP contribution >= 0.6 is 34.7 Å². The molecule has 12 heteroatoms. The first-order valence-electron chi connectivity index (χ1n) is 15.8. The fourth-order valence-electron chi connectivity index (χ4n) is 5.01. The summed E-state index contributed by atoms with van der Waals surface area (Å²) in [6.45, 7) is 7.41. The molecule has 0 bridgehead atoms. The number of carbonyl (C=O) groups excluding carboxylic acids is 2. The number of aromatic nitrogens is 2. The highest BCUT2D eigenvalue weighted by atomic mass is 35.5. The van der Waals surface area contributed by atoms with Gasteiger partial charge in [0.1, 0.15) is 11.5 Å². The predicted molar refractivity (Wildman–Crippen MR) is 190 cm³/mol. The first-order valence-corrected chi connectivity index (χ1v) is 17.9. The molecule has 2 heterocycles. The van der Waals surface area contributed by atoms with Gasteiger partial charge in [0.25, 0.3) is 5.78 Å². The van der Waals surface area contributed by atoms with Crippen LogP contribution in [0.15, 0.2) is 76.6 Å². The van der Waals surface area contributed by atoms with E-state index >= 15 is 0 Å². The maximum absolute atomic E-state index is 13.8. The average molecular weight is 708 g/mol. The average Bonchev–Trinajstić information content (AvgIpc) is 3.66. The summed E-state index contributed by atoms with van der Waals surface area (Å²) in [6.07, 6.45) is 2.79. The molecule has 0 unspecified atom stereocenters. The molecule has 0 radical (unpaired) electrons. The molecule has 1 aliphatic rings. The van der Waals surface area contributed by atoms with Gasteiger partial charge in [-0.15, -0.1) is 10.2 Å². The molecule has 1 amide bonds. The minimum atomic E-state index is -1.01. The van der Waals surface area contributed by atoms with Gasteiger partial charge in [0.15, 0.2) is 15.8 Å². The van der Waals surface area contributed by atoms with E-state index < -0.39 is 17.7 Å². The number of methoxy groups -OCH3 is 1. The SMILES string of the molecule is CCCCOc1ccc(C(O)=C2C(=O)C(=O)N(c3nnc(SCc4ccc(Cl)cc4)s3)[C@@H]2c2ccc(OCCC(C)C)c(OC)c2)cc1. The first kappa shape index (κ1) is 35.3. The molecule has 1 N–H and O–H groups in total.